The van der Waals surface area contributed by atoms with E-state index in [1.165, 1.54) is 0 Å². The van der Waals surface area contributed by atoms with Crippen molar-refractivity contribution in [3.63, 3.8) is 0 Å². The van der Waals surface area contributed by atoms with Crippen molar-refractivity contribution >= 4 is 23.5 Å². The Balaban J connectivity index is 2.55. The van der Waals surface area contributed by atoms with E-state index >= 15 is 0 Å². The molecule has 1 aromatic heterocycles. The lowest BCUT2D eigenvalue weighted by Crippen LogP contribution is -2.29. The molecule has 0 unspecified atom stereocenters. The van der Waals surface area contributed by atoms with E-state index in [-0.39, 0.29) is 0 Å². The minimum Gasteiger partial charge on any atom is -0.481 e. The first-order valence-electron chi connectivity index (χ1n) is 4.51. The van der Waals surface area contributed by atoms with Crippen LogP contribution in [0.25, 0.3) is 10.9 Å². The van der Waals surface area contributed by atoms with Crippen molar-refractivity contribution in [2.24, 2.45) is 0 Å². The molecule has 0 spiro atoms. The van der Waals surface area contributed by atoms with Crippen molar-refractivity contribution in [2.45, 2.75) is 0 Å². The summed E-state index contributed by atoms with van der Waals surface area (Å²) in [5.41, 5.74) is 1.22. The molecule has 0 radical (unpaired) electrons. The quantitative estimate of drug-likeness (QED) is 0.670. The summed E-state index contributed by atoms with van der Waals surface area (Å²) in [6, 6.07) is 8.60. The summed E-state index contributed by atoms with van der Waals surface area (Å²) >= 11 is 0. The highest BCUT2D eigenvalue weighted by Crippen LogP contribution is 2.14. The van der Waals surface area contributed by atoms with Gasteiger partial charge in [-0.05, 0) is 17.6 Å². The van der Waals surface area contributed by atoms with E-state index < -0.39 is 7.12 Å². The van der Waals surface area contributed by atoms with Gasteiger partial charge in [-0.25, -0.2) is 4.98 Å². The van der Waals surface area contributed by atoms with E-state index in [4.69, 9.17) is 14.8 Å². The Kier molecular flexibility index (Phi) is 2.57. The number of pyridine rings is 1. The maximum absolute atomic E-state index is 8.99. The maximum atomic E-state index is 8.99. The molecule has 0 fully saturated rings. The zero-order valence-electron chi connectivity index (χ0n) is 8.21. The van der Waals surface area contributed by atoms with Gasteiger partial charge in [0.1, 0.15) is 0 Å². The molecule has 1 aromatic carbocycles. The number of hydrogen-bond acceptors (Lipinski definition) is 4. The molecule has 0 amide bonds. The number of methoxy groups -OCH3 is 1. The normalized spacial score (nSPS) is 10.3. The number of nitrogens with zero attached hydrogens (tertiary/aromatic N) is 1. The number of benzene rings is 1. The lowest BCUT2D eigenvalue weighted by atomic mass is 9.80. The molecule has 0 aliphatic carbocycles. The molecule has 0 atom stereocenters. The molecule has 15 heavy (non-hydrogen) atoms. The van der Waals surface area contributed by atoms with Crippen LogP contribution < -0.4 is 10.2 Å². The van der Waals surface area contributed by atoms with Gasteiger partial charge >= 0.3 is 7.12 Å². The molecule has 0 saturated heterocycles. The zero-order valence-corrected chi connectivity index (χ0v) is 8.21. The summed E-state index contributed by atoms with van der Waals surface area (Å²) < 4.78 is 4.99. The first-order valence-corrected chi connectivity index (χ1v) is 4.51. The van der Waals surface area contributed by atoms with E-state index in [1.54, 1.807) is 31.4 Å². The molecular formula is C10H10BNO3. The fraction of sp³-hybridized carbons (Fsp3) is 0.100. The number of rotatable bonds is 2. The molecule has 0 aliphatic heterocycles. The van der Waals surface area contributed by atoms with Crippen molar-refractivity contribution in [3.05, 3.63) is 30.3 Å². The molecule has 0 saturated carbocycles. The summed E-state index contributed by atoms with van der Waals surface area (Å²) in [7, 11) is 0.108. The van der Waals surface area contributed by atoms with Gasteiger partial charge < -0.3 is 14.8 Å². The van der Waals surface area contributed by atoms with Gasteiger partial charge in [0.25, 0.3) is 0 Å². The smallest absolute Gasteiger partial charge is 0.481 e. The van der Waals surface area contributed by atoms with Gasteiger partial charge in [-0.1, -0.05) is 12.1 Å². The highest BCUT2D eigenvalue weighted by atomic mass is 16.5. The highest BCUT2D eigenvalue weighted by molar-refractivity contribution is 6.58. The second-order valence-electron chi connectivity index (χ2n) is 3.18. The fourth-order valence-corrected chi connectivity index (χ4v) is 1.40. The standard InChI is InChI=1S/C10H10BNO3/c1-15-10-5-2-7-6-8(11(13)14)3-4-9(7)12-10/h2-6,13-14H,1H3. The van der Waals surface area contributed by atoms with Crippen LogP contribution in [0.1, 0.15) is 0 Å². The highest BCUT2D eigenvalue weighted by Gasteiger charge is 2.11. The number of aromatic nitrogens is 1. The second-order valence-corrected chi connectivity index (χ2v) is 3.18. The van der Waals surface area contributed by atoms with Crippen LogP contribution in [0.3, 0.4) is 0 Å². The molecular weight excluding hydrogens is 193 g/mol. The number of fused-ring (bicyclic) bond motifs is 1. The van der Waals surface area contributed by atoms with Gasteiger partial charge in [-0.2, -0.15) is 0 Å². The molecule has 2 rings (SSSR count). The molecule has 2 aromatic rings. The molecule has 4 nitrogen and oxygen atoms in total. The number of ether oxygens (including phenoxy) is 1. The Hall–Kier alpha value is -1.59. The van der Waals surface area contributed by atoms with E-state index in [2.05, 4.69) is 4.98 Å². The van der Waals surface area contributed by atoms with E-state index in [9.17, 15) is 0 Å². The third-order valence-corrected chi connectivity index (χ3v) is 2.19. The molecule has 0 bridgehead atoms. The minimum absolute atomic E-state index is 0.453. The van der Waals surface area contributed by atoms with E-state index in [0.717, 1.165) is 10.9 Å². The van der Waals surface area contributed by atoms with Crippen molar-refractivity contribution in [2.75, 3.05) is 7.11 Å². The van der Waals surface area contributed by atoms with Crippen LogP contribution in [0.2, 0.25) is 0 Å². The monoisotopic (exact) mass is 203 g/mol. The maximum Gasteiger partial charge on any atom is 0.488 e. The Labute approximate surface area is 87.3 Å². The molecule has 76 valence electrons. The van der Waals surface area contributed by atoms with Crippen LogP contribution in [-0.4, -0.2) is 29.3 Å². The van der Waals surface area contributed by atoms with Crippen LogP contribution >= 0.6 is 0 Å². The third kappa shape index (κ3) is 1.93. The number of hydrogen-bond donors (Lipinski definition) is 2. The Morgan fingerprint density at radius 3 is 2.67 bits per heavy atom. The zero-order chi connectivity index (χ0) is 10.8. The molecule has 2 N–H and O–H groups in total. The average molecular weight is 203 g/mol. The van der Waals surface area contributed by atoms with Crippen molar-refractivity contribution in [3.8, 4) is 5.88 Å². The SMILES string of the molecule is COc1ccc2cc(B(O)O)ccc2n1. The van der Waals surface area contributed by atoms with Crippen molar-refractivity contribution in [1.29, 1.82) is 0 Å². The predicted octanol–water partition coefficient (Wildman–Crippen LogP) is -0.0768. The lowest BCUT2D eigenvalue weighted by molar-refractivity contribution is 0.399. The van der Waals surface area contributed by atoms with Crippen LogP contribution in [0.4, 0.5) is 0 Å². The van der Waals surface area contributed by atoms with Gasteiger partial charge in [-0.15, -0.1) is 0 Å². The minimum atomic E-state index is -1.45. The first-order chi connectivity index (χ1) is 7.20. The third-order valence-electron chi connectivity index (χ3n) is 2.19. The summed E-state index contributed by atoms with van der Waals surface area (Å²) in [4.78, 5) is 4.21. The van der Waals surface area contributed by atoms with Gasteiger partial charge in [-0.3, -0.25) is 0 Å². The van der Waals surface area contributed by atoms with E-state index in [0.29, 0.717) is 11.3 Å². The average Bonchev–Trinajstić information content (AvgIpc) is 2.27. The van der Waals surface area contributed by atoms with Gasteiger partial charge in [0.15, 0.2) is 0 Å². The topological polar surface area (TPSA) is 62.6 Å². The molecule has 5 heteroatoms. The van der Waals surface area contributed by atoms with Gasteiger partial charge in [0.05, 0.1) is 12.6 Å². The van der Waals surface area contributed by atoms with Crippen LogP contribution in [0.15, 0.2) is 30.3 Å². The Bertz CT molecular complexity index is 487. The lowest BCUT2D eigenvalue weighted by Gasteiger charge is -2.03. The molecule has 0 aliphatic rings. The van der Waals surface area contributed by atoms with E-state index in [1.807, 2.05) is 6.07 Å². The first kappa shape index (κ1) is 9.95. The van der Waals surface area contributed by atoms with Crippen LogP contribution in [0.5, 0.6) is 5.88 Å². The Morgan fingerprint density at radius 2 is 2.00 bits per heavy atom. The summed E-state index contributed by atoms with van der Waals surface area (Å²) in [5, 5.41) is 18.8. The van der Waals surface area contributed by atoms with Gasteiger partial charge in [0.2, 0.25) is 5.88 Å². The second kappa shape index (κ2) is 3.88. The van der Waals surface area contributed by atoms with Crippen molar-refractivity contribution in [1.82, 2.24) is 4.98 Å². The van der Waals surface area contributed by atoms with Crippen molar-refractivity contribution < 1.29 is 14.8 Å². The summed E-state index contributed by atoms with van der Waals surface area (Å²) in [6.45, 7) is 0. The summed E-state index contributed by atoms with van der Waals surface area (Å²) in [6.07, 6.45) is 0. The molecule has 1 heterocycles. The fourth-order valence-electron chi connectivity index (χ4n) is 1.40. The predicted molar refractivity (Wildman–Crippen MR) is 58.1 cm³/mol. The Morgan fingerprint density at radius 1 is 1.20 bits per heavy atom. The summed E-state index contributed by atoms with van der Waals surface area (Å²) in [5.74, 6) is 0.541. The largest absolute Gasteiger partial charge is 0.488 e. The van der Waals surface area contributed by atoms with Crippen LogP contribution in [-0.2, 0) is 0 Å². The van der Waals surface area contributed by atoms with Crippen LogP contribution in [0, 0.1) is 0 Å². The van der Waals surface area contributed by atoms with Gasteiger partial charge in [0, 0.05) is 11.5 Å².